The van der Waals surface area contributed by atoms with E-state index >= 15 is 0 Å². The summed E-state index contributed by atoms with van der Waals surface area (Å²) in [5, 5.41) is 11.5. The Balaban J connectivity index is 1.61. The summed E-state index contributed by atoms with van der Waals surface area (Å²) in [6, 6.07) is 16.0. The minimum absolute atomic E-state index is 0.0545. The Bertz CT molecular complexity index is 1340. The van der Waals surface area contributed by atoms with E-state index in [1.807, 2.05) is 30.3 Å². The number of hydrogen-bond acceptors (Lipinski definition) is 3. The molecule has 1 atom stereocenters. The average molecular weight is 511 g/mol. The Morgan fingerprint density at radius 3 is 2.36 bits per heavy atom. The fourth-order valence-electron chi connectivity index (χ4n) is 4.09. The highest BCUT2D eigenvalue weighted by Crippen LogP contribution is 2.32. The Hall–Kier alpha value is -4.04. The SMILES string of the molecule is O=C(O)c1ccc(NC(=O)C(Cc2ccccc2)N2CCC(c3c(F)ccc(Cl)c3F)=CC2=O)cc1. The summed E-state index contributed by atoms with van der Waals surface area (Å²) in [5.41, 5.74) is 1.06. The third kappa shape index (κ3) is 5.44. The van der Waals surface area contributed by atoms with Crippen LogP contribution in [0.2, 0.25) is 5.02 Å². The predicted molar refractivity (Wildman–Crippen MR) is 132 cm³/mol. The second kappa shape index (κ2) is 10.7. The van der Waals surface area contributed by atoms with Crippen LogP contribution in [0.15, 0.2) is 72.8 Å². The van der Waals surface area contributed by atoms with Crippen molar-refractivity contribution in [2.24, 2.45) is 0 Å². The van der Waals surface area contributed by atoms with Crippen molar-refractivity contribution >= 4 is 40.6 Å². The number of halogens is 3. The number of carboxylic acid groups (broad SMARTS) is 1. The van der Waals surface area contributed by atoms with Crippen molar-refractivity contribution in [1.82, 2.24) is 4.90 Å². The summed E-state index contributed by atoms with van der Waals surface area (Å²) < 4.78 is 28.9. The smallest absolute Gasteiger partial charge is 0.335 e. The number of carboxylic acids is 1. The molecule has 0 radical (unpaired) electrons. The Morgan fingerprint density at radius 2 is 1.72 bits per heavy atom. The summed E-state index contributed by atoms with van der Waals surface area (Å²) in [7, 11) is 0. The molecule has 0 aromatic heterocycles. The van der Waals surface area contributed by atoms with Crippen LogP contribution in [0.1, 0.15) is 27.9 Å². The van der Waals surface area contributed by atoms with Crippen molar-refractivity contribution < 1.29 is 28.3 Å². The van der Waals surface area contributed by atoms with Crippen molar-refractivity contribution in [3.63, 3.8) is 0 Å². The van der Waals surface area contributed by atoms with E-state index < -0.39 is 35.5 Å². The minimum Gasteiger partial charge on any atom is -0.478 e. The quantitative estimate of drug-likeness (QED) is 0.429. The molecule has 1 unspecified atom stereocenters. The Labute approximate surface area is 210 Å². The van der Waals surface area contributed by atoms with Crippen LogP contribution in [-0.4, -0.2) is 40.4 Å². The molecule has 1 aliphatic rings. The summed E-state index contributed by atoms with van der Waals surface area (Å²) in [4.78, 5) is 38.9. The third-order valence-corrected chi connectivity index (χ3v) is 6.21. The largest absolute Gasteiger partial charge is 0.478 e. The van der Waals surface area contributed by atoms with Gasteiger partial charge in [0.05, 0.1) is 16.1 Å². The molecule has 9 heteroatoms. The number of carbonyl (C=O) groups excluding carboxylic acids is 2. The molecule has 0 spiro atoms. The van der Waals surface area contributed by atoms with Crippen LogP contribution in [0, 0.1) is 11.6 Å². The third-order valence-electron chi connectivity index (χ3n) is 5.92. The maximum atomic E-state index is 14.5. The van der Waals surface area contributed by atoms with Crippen LogP contribution in [-0.2, 0) is 16.0 Å². The van der Waals surface area contributed by atoms with Crippen LogP contribution < -0.4 is 5.32 Å². The molecule has 3 aromatic carbocycles. The molecule has 0 bridgehead atoms. The Kier molecular flexibility index (Phi) is 7.45. The second-order valence-electron chi connectivity index (χ2n) is 8.25. The lowest BCUT2D eigenvalue weighted by molar-refractivity contribution is -0.135. The molecule has 6 nitrogen and oxygen atoms in total. The number of amides is 2. The molecule has 2 N–H and O–H groups in total. The molecule has 0 saturated heterocycles. The number of anilines is 1. The van der Waals surface area contributed by atoms with Gasteiger partial charge in [-0.05, 0) is 54.0 Å². The molecular weight excluding hydrogens is 490 g/mol. The highest BCUT2D eigenvalue weighted by Gasteiger charge is 2.33. The van der Waals surface area contributed by atoms with Crippen molar-refractivity contribution in [3.05, 3.63) is 106 Å². The highest BCUT2D eigenvalue weighted by atomic mass is 35.5. The maximum Gasteiger partial charge on any atom is 0.335 e. The van der Waals surface area contributed by atoms with E-state index in [0.29, 0.717) is 5.69 Å². The molecule has 36 heavy (non-hydrogen) atoms. The minimum atomic E-state index is -1.09. The van der Waals surface area contributed by atoms with Crippen molar-refractivity contribution in [1.29, 1.82) is 0 Å². The number of carbonyl (C=O) groups is 3. The van der Waals surface area contributed by atoms with Gasteiger partial charge in [0, 0.05) is 24.7 Å². The average Bonchev–Trinajstić information content (AvgIpc) is 2.86. The van der Waals surface area contributed by atoms with Crippen molar-refractivity contribution in [2.75, 3.05) is 11.9 Å². The molecule has 184 valence electrons. The number of nitrogens with zero attached hydrogens (tertiary/aromatic N) is 1. The zero-order valence-electron chi connectivity index (χ0n) is 18.9. The molecule has 1 heterocycles. The first kappa shape index (κ1) is 25.1. The van der Waals surface area contributed by atoms with E-state index in [1.165, 1.54) is 29.2 Å². The molecule has 0 aliphatic carbocycles. The fourth-order valence-corrected chi connectivity index (χ4v) is 4.24. The lowest BCUT2D eigenvalue weighted by Crippen LogP contribution is -2.49. The van der Waals surface area contributed by atoms with Gasteiger partial charge in [-0.25, -0.2) is 13.6 Å². The first-order valence-electron chi connectivity index (χ1n) is 11.1. The molecule has 0 saturated carbocycles. The first-order valence-corrected chi connectivity index (χ1v) is 11.5. The van der Waals surface area contributed by atoms with E-state index in [0.717, 1.165) is 23.8 Å². The van der Waals surface area contributed by atoms with Gasteiger partial charge in [0.15, 0.2) is 5.82 Å². The highest BCUT2D eigenvalue weighted by molar-refractivity contribution is 6.31. The molecule has 0 fully saturated rings. The monoisotopic (exact) mass is 510 g/mol. The van der Waals surface area contributed by atoms with E-state index in [2.05, 4.69) is 5.32 Å². The van der Waals surface area contributed by atoms with Crippen LogP contribution in [0.5, 0.6) is 0 Å². The first-order chi connectivity index (χ1) is 17.2. The normalized spacial score (nSPS) is 14.2. The zero-order valence-corrected chi connectivity index (χ0v) is 19.6. The molecular formula is C27H21ClF2N2O4. The summed E-state index contributed by atoms with van der Waals surface area (Å²) in [6.07, 6.45) is 1.45. The van der Waals surface area contributed by atoms with Crippen LogP contribution in [0.3, 0.4) is 0 Å². The molecule has 4 rings (SSSR count). The lowest BCUT2D eigenvalue weighted by Gasteiger charge is -2.33. The van der Waals surface area contributed by atoms with Gasteiger partial charge < -0.3 is 15.3 Å². The van der Waals surface area contributed by atoms with Gasteiger partial charge in [0.2, 0.25) is 11.8 Å². The molecule has 1 aliphatic heterocycles. The number of benzene rings is 3. The van der Waals surface area contributed by atoms with Gasteiger partial charge in [-0.1, -0.05) is 41.9 Å². The van der Waals surface area contributed by atoms with Crippen molar-refractivity contribution in [3.8, 4) is 0 Å². The van der Waals surface area contributed by atoms with Crippen LogP contribution in [0.25, 0.3) is 5.57 Å². The zero-order chi connectivity index (χ0) is 25.8. The fraction of sp³-hybridized carbons (Fsp3) is 0.148. The van der Waals surface area contributed by atoms with Gasteiger partial charge in [0.1, 0.15) is 11.9 Å². The maximum absolute atomic E-state index is 14.5. The molecule has 2 amide bonds. The van der Waals surface area contributed by atoms with Crippen molar-refractivity contribution in [2.45, 2.75) is 18.9 Å². The topological polar surface area (TPSA) is 86.7 Å². The number of rotatable bonds is 7. The van der Waals surface area contributed by atoms with Crippen LogP contribution >= 0.6 is 11.6 Å². The van der Waals surface area contributed by atoms with E-state index in [9.17, 15) is 23.2 Å². The van der Waals surface area contributed by atoms with E-state index in [4.69, 9.17) is 16.7 Å². The standard InChI is InChI=1S/C27H21ClF2N2O4/c28-20-10-11-21(29)24(25(20)30)18-12-13-32(23(33)15-18)22(14-16-4-2-1-3-5-16)26(34)31-19-8-6-17(7-9-19)27(35)36/h1-11,15,22H,12-14H2,(H,31,34)(H,35,36). The summed E-state index contributed by atoms with van der Waals surface area (Å²) >= 11 is 5.81. The number of aromatic carboxylic acids is 1. The van der Waals surface area contributed by atoms with Crippen LogP contribution in [0.4, 0.5) is 14.5 Å². The van der Waals surface area contributed by atoms with Gasteiger partial charge in [-0.15, -0.1) is 0 Å². The van der Waals surface area contributed by atoms with E-state index in [-0.39, 0.29) is 41.1 Å². The number of hydrogen-bond donors (Lipinski definition) is 2. The summed E-state index contributed by atoms with van der Waals surface area (Å²) in [6.45, 7) is 0.0545. The predicted octanol–water partition coefficient (Wildman–Crippen LogP) is 5.18. The van der Waals surface area contributed by atoms with Gasteiger partial charge >= 0.3 is 5.97 Å². The van der Waals surface area contributed by atoms with Gasteiger partial charge in [-0.3, -0.25) is 9.59 Å². The second-order valence-corrected chi connectivity index (χ2v) is 8.65. The molecule has 3 aromatic rings. The lowest BCUT2D eigenvalue weighted by atomic mass is 9.95. The Morgan fingerprint density at radius 1 is 1.03 bits per heavy atom. The summed E-state index contributed by atoms with van der Waals surface area (Å²) in [5.74, 6) is -3.90. The number of nitrogens with one attached hydrogen (secondary N) is 1. The van der Waals surface area contributed by atoms with Gasteiger partial charge in [0.25, 0.3) is 0 Å². The van der Waals surface area contributed by atoms with Gasteiger partial charge in [-0.2, -0.15) is 0 Å². The van der Waals surface area contributed by atoms with E-state index in [1.54, 1.807) is 0 Å².